The van der Waals surface area contributed by atoms with E-state index in [2.05, 4.69) is 20.8 Å². The molecule has 2 aliphatic rings. The maximum absolute atomic E-state index is 12.1. The van der Waals surface area contributed by atoms with Gasteiger partial charge in [-0.2, -0.15) is 0 Å². The number of unbranched alkanes of at least 4 members (excludes halogenated alkanes) is 1. The van der Waals surface area contributed by atoms with Crippen molar-refractivity contribution in [3.8, 4) is 0 Å². The maximum atomic E-state index is 12.1. The number of carbonyl (C=O) groups excluding carboxylic acids is 3. The van der Waals surface area contributed by atoms with Crippen molar-refractivity contribution in [3.05, 3.63) is 12.2 Å². The number of hydrogen-bond donors (Lipinski definition) is 1. The molecule has 0 aromatic carbocycles. The second-order valence-corrected chi connectivity index (χ2v) is 12.3. The van der Waals surface area contributed by atoms with Gasteiger partial charge >= 0.3 is 17.9 Å². The summed E-state index contributed by atoms with van der Waals surface area (Å²) in [7, 11) is 1.35. The smallest absolute Gasteiger partial charge is 0.305 e. The Morgan fingerprint density at radius 1 is 1.07 bits per heavy atom. The molecule has 3 unspecified atom stereocenters. The Morgan fingerprint density at radius 3 is 2.44 bits per heavy atom. The van der Waals surface area contributed by atoms with E-state index >= 15 is 0 Å². The van der Waals surface area contributed by atoms with E-state index < -0.39 is 6.10 Å². The van der Waals surface area contributed by atoms with Gasteiger partial charge in [0.15, 0.2) is 6.29 Å². The van der Waals surface area contributed by atoms with E-state index in [9.17, 15) is 19.5 Å². The van der Waals surface area contributed by atoms with Crippen LogP contribution in [0, 0.1) is 17.3 Å². The van der Waals surface area contributed by atoms with Gasteiger partial charge in [-0.15, -0.1) is 0 Å². The molecule has 1 N–H and O–H groups in total. The normalized spacial score (nSPS) is 26.5. The van der Waals surface area contributed by atoms with Crippen molar-refractivity contribution in [1.82, 2.24) is 0 Å². The average molecular weight is 583 g/mol. The minimum absolute atomic E-state index is 0.103. The molecule has 9 heteroatoms. The third-order valence-corrected chi connectivity index (χ3v) is 8.43. The third kappa shape index (κ3) is 12.4. The number of esters is 3. The number of methoxy groups -OCH3 is 1. The molecular formula is C32H54O9. The molecule has 7 atom stereocenters. The van der Waals surface area contributed by atoms with Crippen LogP contribution in [-0.4, -0.2) is 67.4 Å². The largest absolute Gasteiger partial charge is 0.469 e. The Morgan fingerprint density at radius 2 is 1.83 bits per heavy atom. The predicted molar refractivity (Wildman–Crippen MR) is 155 cm³/mol. The van der Waals surface area contributed by atoms with Crippen LogP contribution in [0.3, 0.4) is 0 Å². The van der Waals surface area contributed by atoms with E-state index in [0.717, 1.165) is 38.5 Å². The zero-order valence-corrected chi connectivity index (χ0v) is 26.1. The molecular weight excluding hydrogens is 528 g/mol. The lowest BCUT2D eigenvalue weighted by molar-refractivity contribution is -0.193. The van der Waals surface area contributed by atoms with Gasteiger partial charge in [-0.1, -0.05) is 45.8 Å². The Labute approximate surface area is 246 Å². The lowest BCUT2D eigenvalue weighted by atomic mass is 9.80. The summed E-state index contributed by atoms with van der Waals surface area (Å²) in [5.74, 6) is -1.26. The molecule has 41 heavy (non-hydrogen) atoms. The van der Waals surface area contributed by atoms with Crippen LogP contribution in [-0.2, 0) is 38.1 Å². The quantitative estimate of drug-likeness (QED) is 0.132. The minimum atomic E-state index is -0.638. The van der Waals surface area contributed by atoms with Gasteiger partial charge in [-0.3, -0.25) is 14.4 Å². The molecule has 0 aromatic heterocycles. The Balaban J connectivity index is 2.27. The van der Waals surface area contributed by atoms with E-state index in [1.54, 1.807) is 0 Å². The number of aliphatic hydroxyl groups is 1. The van der Waals surface area contributed by atoms with Gasteiger partial charge in [-0.05, 0) is 56.8 Å². The Kier molecular flexibility index (Phi) is 15.3. The monoisotopic (exact) mass is 582 g/mol. The van der Waals surface area contributed by atoms with Crippen LogP contribution in [0.2, 0.25) is 0 Å². The van der Waals surface area contributed by atoms with Crippen molar-refractivity contribution in [3.63, 3.8) is 0 Å². The lowest BCUT2D eigenvalue weighted by Crippen LogP contribution is -2.32. The van der Waals surface area contributed by atoms with E-state index in [4.69, 9.17) is 23.7 Å². The first kappa shape index (κ1) is 35.2. The van der Waals surface area contributed by atoms with Crippen LogP contribution in [0.5, 0.6) is 0 Å². The zero-order chi connectivity index (χ0) is 30.4. The Hall–Kier alpha value is -1.97. The number of rotatable bonds is 17. The van der Waals surface area contributed by atoms with Crippen LogP contribution in [0.1, 0.15) is 112 Å². The van der Waals surface area contributed by atoms with Gasteiger partial charge in [-0.25, -0.2) is 0 Å². The molecule has 0 spiro atoms. The van der Waals surface area contributed by atoms with Crippen LogP contribution in [0.15, 0.2) is 12.2 Å². The molecule has 0 amide bonds. The second-order valence-electron chi connectivity index (χ2n) is 12.3. The topological polar surface area (TPSA) is 118 Å². The van der Waals surface area contributed by atoms with Crippen LogP contribution < -0.4 is 0 Å². The van der Waals surface area contributed by atoms with Gasteiger partial charge in [0.1, 0.15) is 12.2 Å². The summed E-state index contributed by atoms with van der Waals surface area (Å²) in [6.07, 6.45) is 10.8. The second kappa shape index (κ2) is 17.9. The van der Waals surface area contributed by atoms with Crippen molar-refractivity contribution in [1.29, 1.82) is 0 Å². The summed E-state index contributed by atoms with van der Waals surface area (Å²) in [5.41, 5.74) is -0.279. The fourth-order valence-electron chi connectivity index (χ4n) is 5.96. The highest BCUT2D eigenvalue weighted by Crippen LogP contribution is 2.42. The minimum Gasteiger partial charge on any atom is -0.469 e. The van der Waals surface area contributed by atoms with Gasteiger partial charge in [0.05, 0.1) is 19.3 Å². The van der Waals surface area contributed by atoms with Crippen molar-refractivity contribution in [2.45, 2.75) is 142 Å². The van der Waals surface area contributed by atoms with E-state index in [-0.39, 0.29) is 66.2 Å². The summed E-state index contributed by atoms with van der Waals surface area (Å²) >= 11 is 0. The van der Waals surface area contributed by atoms with Crippen molar-refractivity contribution >= 4 is 17.9 Å². The number of aliphatic hydroxyl groups excluding tert-OH is 1. The summed E-state index contributed by atoms with van der Waals surface area (Å²) in [4.78, 5) is 35.5. The third-order valence-electron chi connectivity index (χ3n) is 8.43. The summed E-state index contributed by atoms with van der Waals surface area (Å²) in [6.45, 7) is 9.75. The predicted octanol–water partition coefficient (Wildman–Crippen LogP) is 5.65. The molecule has 1 aliphatic heterocycles. The fraction of sp³-hybridized carbons (Fsp3) is 0.844. The molecule has 1 saturated heterocycles. The first-order valence-corrected chi connectivity index (χ1v) is 15.5. The molecule has 1 saturated carbocycles. The van der Waals surface area contributed by atoms with E-state index in [0.29, 0.717) is 38.7 Å². The SMILES string of the molecule is CCCCC(C)(C)C(O)/C=C/[C@@H]1[C@@H](CCC(CCCC(=O)OC)OC(C)=O)[C@@H](OC(C)=O)C[C@H]1OC1CCCCO1. The highest BCUT2D eigenvalue weighted by Gasteiger charge is 2.46. The molecule has 0 radical (unpaired) electrons. The van der Waals surface area contributed by atoms with Crippen LogP contribution in [0.4, 0.5) is 0 Å². The summed E-state index contributed by atoms with van der Waals surface area (Å²) < 4.78 is 28.5. The molecule has 236 valence electrons. The standard InChI is InChI=1S/C32H54O9/c1-7-8-19-32(4,5)29(35)18-17-26-25(16-15-24(39-22(2)33)12-11-13-30(36)37-6)27(40-23(3)34)21-28(26)41-31-14-9-10-20-38-31/h17-18,24-29,31,35H,7-16,19-21H2,1-6H3/b18-17+/t24?,25-,26-,27+,28-,29?,31?/m1/s1. The van der Waals surface area contributed by atoms with E-state index in [1.807, 2.05) is 12.2 Å². The number of carbonyl (C=O) groups is 3. The molecule has 1 aliphatic carbocycles. The first-order valence-electron chi connectivity index (χ1n) is 15.5. The highest BCUT2D eigenvalue weighted by molar-refractivity contribution is 5.69. The Bertz CT molecular complexity index is 833. The van der Waals surface area contributed by atoms with E-state index in [1.165, 1.54) is 21.0 Å². The van der Waals surface area contributed by atoms with Crippen molar-refractivity contribution in [2.24, 2.45) is 17.3 Å². The van der Waals surface area contributed by atoms with Crippen molar-refractivity contribution < 1.29 is 43.2 Å². The zero-order valence-electron chi connectivity index (χ0n) is 26.1. The summed E-state index contributed by atoms with van der Waals surface area (Å²) in [6, 6.07) is 0. The molecule has 2 rings (SSSR count). The van der Waals surface area contributed by atoms with Gasteiger partial charge in [0.2, 0.25) is 0 Å². The maximum Gasteiger partial charge on any atom is 0.305 e. The van der Waals surface area contributed by atoms with Crippen LogP contribution in [0.25, 0.3) is 0 Å². The molecule has 0 bridgehead atoms. The highest BCUT2D eigenvalue weighted by atomic mass is 16.7. The molecule has 0 aromatic rings. The average Bonchev–Trinajstić information content (AvgIpc) is 3.23. The lowest BCUT2D eigenvalue weighted by Gasteiger charge is -2.31. The van der Waals surface area contributed by atoms with Gasteiger partial charge in [0, 0.05) is 45.1 Å². The fourth-order valence-corrected chi connectivity index (χ4v) is 5.96. The number of ether oxygens (including phenoxy) is 5. The first-order chi connectivity index (χ1) is 19.5. The number of hydrogen-bond acceptors (Lipinski definition) is 9. The van der Waals surface area contributed by atoms with Gasteiger partial charge < -0.3 is 28.8 Å². The van der Waals surface area contributed by atoms with Crippen LogP contribution >= 0.6 is 0 Å². The van der Waals surface area contributed by atoms with Crippen molar-refractivity contribution in [2.75, 3.05) is 13.7 Å². The summed E-state index contributed by atoms with van der Waals surface area (Å²) in [5, 5.41) is 11.1. The molecule has 2 fully saturated rings. The van der Waals surface area contributed by atoms with Gasteiger partial charge in [0.25, 0.3) is 0 Å². The molecule has 9 nitrogen and oxygen atoms in total. The molecule has 1 heterocycles.